The molecule has 3 aromatic carbocycles. The van der Waals surface area contributed by atoms with Crippen LogP contribution in [-0.4, -0.2) is 15.5 Å². The highest BCUT2D eigenvalue weighted by molar-refractivity contribution is 6.31. The summed E-state index contributed by atoms with van der Waals surface area (Å²) in [5.74, 6) is -0.331. The molecule has 0 atom stereocenters. The van der Waals surface area contributed by atoms with Gasteiger partial charge in [-0.2, -0.15) is 0 Å². The zero-order chi connectivity index (χ0) is 20.0. The van der Waals surface area contributed by atoms with Crippen molar-refractivity contribution in [1.82, 2.24) is 9.55 Å². The molecule has 0 unspecified atom stereocenters. The van der Waals surface area contributed by atoms with Crippen LogP contribution in [0.4, 0.5) is 5.69 Å². The lowest BCUT2D eigenvalue weighted by molar-refractivity contribution is -0.116. The molecule has 7 heteroatoms. The van der Waals surface area contributed by atoms with Gasteiger partial charge in [-0.05, 0) is 42.5 Å². The molecule has 0 aliphatic carbocycles. The Morgan fingerprint density at radius 2 is 1.83 bits per heavy atom. The van der Waals surface area contributed by atoms with Gasteiger partial charge >= 0.3 is 0 Å². The number of furan rings is 1. The van der Waals surface area contributed by atoms with E-state index in [0.717, 1.165) is 21.9 Å². The van der Waals surface area contributed by atoms with Crippen molar-refractivity contribution < 1.29 is 9.21 Å². The fraction of sp³-hybridized carbons (Fsp3) is 0.0455. The van der Waals surface area contributed by atoms with E-state index in [1.54, 1.807) is 24.3 Å². The summed E-state index contributed by atoms with van der Waals surface area (Å²) in [6.07, 6.45) is 1.37. The number of hydrogen-bond acceptors (Lipinski definition) is 4. The standard InChI is InChI=1S/C22H14ClN3O3/c23-13-5-7-18-17(9-13)22(28)26(12-24-18)11-21(27)25-14-6-8-20-16(10-14)15-3-1-2-4-19(15)29-20/h1-10,12H,11H2,(H,25,27). The quantitative estimate of drug-likeness (QED) is 0.478. The lowest BCUT2D eigenvalue weighted by Gasteiger charge is -2.08. The number of nitrogens with one attached hydrogen (secondary N) is 1. The van der Waals surface area contributed by atoms with Gasteiger partial charge in [-0.3, -0.25) is 14.2 Å². The Labute approximate surface area is 169 Å². The first-order chi connectivity index (χ1) is 14.1. The average molecular weight is 404 g/mol. The van der Waals surface area contributed by atoms with Crippen molar-refractivity contribution >= 4 is 56.0 Å². The van der Waals surface area contributed by atoms with Gasteiger partial charge in [-0.25, -0.2) is 4.98 Å². The summed E-state index contributed by atoms with van der Waals surface area (Å²) < 4.78 is 7.06. The van der Waals surface area contributed by atoms with Gasteiger partial charge in [-0.15, -0.1) is 0 Å². The van der Waals surface area contributed by atoms with E-state index >= 15 is 0 Å². The Kier molecular flexibility index (Phi) is 4.07. The first-order valence-corrected chi connectivity index (χ1v) is 9.32. The first-order valence-electron chi connectivity index (χ1n) is 8.94. The van der Waals surface area contributed by atoms with E-state index in [-0.39, 0.29) is 18.0 Å². The fourth-order valence-corrected chi connectivity index (χ4v) is 3.57. The summed E-state index contributed by atoms with van der Waals surface area (Å²) in [5.41, 5.74) is 2.38. The van der Waals surface area contributed by atoms with Crippen LogP contribution in [0, 0.1) is 0 Å². The molecule has 0 fully saturated rings. The molecule has 5 rings (SSSR count). The molecule has 0 saturated heterocycles. The van der Waals surface area contributed by atoms with E-state index in [1.807, 2.05) is 36.4 Å². The van der Waals surface area contributed by atoms with E-state index < -0.39 is 0 Å². The van der Waals surface area contributed by atoms with Crippen molar-refractivity contribution in [1.29, 1.82) is 0 Å². The maximum absolute atomic E-state index is 12.6. The number of benzene rings is 3. The molecule has 0 bridgehead atoms. The Morgan fingerprint density at radius 1 is 1.00 bits per heavy atom. The summed E-state index contributed by atoms with van der Waals surface area (Å²) in [6, 6.07) is 18.1. The predicted octanol–water partition coefficient (Wildman–Crippen LogP) is 4.59. The summed E-state index contributed by atoms with van der Waals surface area (Å²) in [7, 11) is 0. The molecule has 1 amide bonds. The first kappa shape index (κ1) is 17.5. The number of rotatable bonds is 3. The number of carbonyl (C=O) groups excluding carboxylic acids is 1. The second kappa shape index (κ2) is 6.76. The van der Waals surface area contributed by atoms with Crippen LogP contribution in [0.5, 0.6) is 0 Å². The predicted molar refractivity (Wildman–Crippen MR) is 113 cm³/mol. The van der Waals surface area contributed by atoms with Crippen LogP contribution >= 0.6 is 11.6 Å². The number of para-hydroxylation sites is 1. The second-order valence-corrected chi connectivity index (χ2v) is 7.13. The SMILES string of the molecule is O=C(Cn1cnc2ccc(Cl)cc2c1=O)Nc1ccc2oc3ccccc3c2c1. The van der Waals surface area contributed by atoms with Crippen LogP contribution in [0.1, 0.15) is 0 Å². The van der Waals surface area contributed by atoms with E-state index in [4.69, 9.17) is 16.0 Å². The summed E-state index contributed by atoms with van der Waals surface area (Å²) >= 11 is 5.97. The van der Waals surface area contributed by atoms with Crippen molar-refractivity contribution in [3.05, 3.63) is 82.4 Å². The third-order valence-corrected chi connectivity index (χ3v) is 5.00. The van der Waals surface area contributed by atoms with Gasteiger partial charge in [0.1, 0.15) is 17.7 Å². The lowest BCUT2D eigenvalue weighted by Crippen LogP contribution is -2.27. The van der Waals surface area contributed by atoms with Crippen LogP contribution in [-0.2, 0) is 11.3 Å². The van der Waals surface area contributed by atoms with Crippen molar-refractivity contribution in [2.24, 2.45) is 0 Å². The fourth-order valence-electron chi connectivity index (χ4n) is 3.40. The molecule has 2 heterocycles. The number of nitrogens with zero attached hydrogens (tertiary/aromatic N) is 2. The van der Waals surface area contributed by atoms with Crippen molar-refractivity contribution in [2.75, 3.05) is 5.32 Å². The normalized spacial score (nSPS) is 11.3. The molecular formula is C22H14ClN3O3. The van der Waals surface area contributed by atoms with Gasteiger partial charge in [-0.1, -0.05) is 29.8 Å². The molecule has 29 heavy (non-hydrogen) atoms. The number of amides is 1. The smallest absolute Gasteiger partial charge is 0.261 e. The van der Waals surface area contributed by atoms with Crippen LogP contribution in [0.3, 0.4) is 0 Å². The monoisotopic (exact) mass is 403 g/mol. The third kappa shape index (κ3) is 3.13. The number of carbonyl (C=O) groups is 1. The highest BCUT2D eigenvalue weighted by atomic mass is 35.5. The Morgan fingerprint density at radius 3 is 2.72 bits per heavy atom. The number of aromatic nitrogens is 2. The molecule has 5 aromatic rings. The number of hydrogen-bond donors (Lipinski definition) is 1. The van der Waals surface area contributed by atoms with Crippen LogP contribution in [0.25, 0.3) is 32.8 Å². The van der Waals surface area contributed by atoms with Gasteiger partial charge in [0.15, 0.2) is 0 Å². The molecule has 142 valence electrons. The molecule has 0 spiro atoms. The van der Waals surface area contributed by atoms with Gasteiger partial charge in [0.25, 0.3) is 5.56 Å². The van der Waals surface area contributed by atoms with Gasteiger partial charge < -0.3 is 9.73 Å². The zero-order valence-corrected chi connectivity index (χ0v) is 15.8. The Balaban J connectivity index is 1.43. The molecule has 0 aliphatic heterocycles. The maximum atomic E-state index is 12.6. The topological polar surface area (TPSA) is 77.1 Å². The van der Waals surface area contributed by atoms with E-state index in [9.17, 15) is 9.59 Å². The zero-order valence-electron chi connectivity index (χ0n) is 15.1. The second-order valence-electron chi connectivity index (χ2n) is 6.70. The average Bonchev–Trinajstić information content (AvgIpc) is 3.08. The molecular weight excluding hydrogens is 390 g/mol. The molecule has 2 aromatic heterocycles. The molecule has 0 saturated carbocycles. The lowest BCUT2D eigenvalue weighted by atomic mass is 10.1. The molecule has 6 nitrogen and oxygen atoms in total. The highest BCUT2D eigenvalue weighted by Gasteiger charge is 2.11. The van der Waals surface area contributed by atoms with Crippen molar-refractivity contribution in [3.8, 4) is 0 Å². The Hall–Kier alpha value is -3.64. The van der Waals surface area contributed by atoms with Crippen molar-refractivity contribution in [2.45, 2.75) is 6.54 Å². The minimum Gasteiger partial charge on any atom is -0.456 e. The van der Waals surface area contributed by atoms with Crippen LogP contribution in [0.2, 0.25) is 5.02 Å². The van der Waals surface area contributed by atoms with Gasteiger partial charge in [0.2, 0.25) is 5.91 Å². The summed E-state index contributed by atoms with van der Waals surface area (Å²) in [5, 5.41) is 5.54. The molecule has 1 N–H and O–H groups in total. The number of halogens is 1. The summed E-state index contributed by atoms with van der Waals surface area (Å²) in [4.78, 5) is 29.4. The highest BCUT2D eigenvalue weighted by Crippen LogP contribution is 2.30. The van der Waals surface area contributed by atoms with E-state index in [2.05, 4.69) is 10.3 Å². The maximum Gasteiger partial charge on any atom is 0.261 e. The van der Waals surface area contributed by atoms with Gasteiger partial charge in [0.05, 0.1) is 17.2 Å². The van der Waals surface area contributed by atoms with Crippen LogP contribution < -0.4 is 10.9 Å². The minimum atomic E-state index is -0.331. The number of anilines is 1. The number of fused-ring (bicyclic) bond motifs is 4. The Bertz CT molecular complexity index is 1470. The van der Waals surface area contributed by atoms with E-state index in [1.165, 1.54) is 10.9 Å². The van der Waals surface area contributed by atoms with E-state index in [0.29, 0.717) is 21.6 Å². The third-order valence-electron chi connectivity index (χ3n) is 4.76. The van der Waals surface area contributed by atoms with Gasteiger partial charge in [0, 0.05) is 21.5 Å². The summed E-state index contributed by atoms with van der Waals surface area (Å²) in [6.45, 7) is -0.154. The molecule has 0 radical (unpaired) electrons. The largest absolute Gasteiger partial charge is 0.456 e. The van der Waals surface area contributed by atoms with Crippen LogP contribution in [0.15, 0.2) is 76.2 Å². The molecule has 0 aliphatic rings. The van der Waals surface area contributed by atoms with Crippen molar-refractivity contribution in [3.63, 3.8) is 0 Å². The minimum absolute atomic E-state index is 0.154.